The van der Waals surface area contributed by atoms with Crippen LogP contribution in [0.5, 0.6) is 5.75 Å². The van der Waals surface area contributed by atoms with E-state index in [0.29, 0.717) is 17.2 Å². The number of methoxy groups -OCH3 is 1. The maximum atomic E-state index is 12.4. The summed E-state index contributed by atoms with van der Waals surface area (Å²) in [6.45, 7) is 0.422. The third kappa shape index (κ3) is 3.37. The second kappa shape index (κ2) is 7.39. The van der Waals surface area contributed by atoms with E-state index in [9.17, 15) is 9.59 Å². The number of fused-ring (bicyclic) bond motifs is 1. The molecule has 1 aromatic carbocycles. The number of rotatable bonds is 6. The number of para-hydroxylation sites is 1. The Morgan fingerprint density at radius 2 is 2.14 bits per heavy atom. The minimum atomic E-state index is -0.380. The van der Waals surface area contributed by atoms with Gasteiger partial charge in [0.1, 0.15) is 0 Å². The summed E-state index contributed by atoms with van der Waals surface area (Å²) in [6, 6.07) is 11.8. The van der Waals surface area contributed by atoms with Crippen LogP contribution in [0, 0.1) is 0 Å². The standard InChI is InChI=1S/C19H17N5O4/c1-27-14-5-2-4-13-12-15(28-18(13)14)19(26)20-9-11-24-17(25)7-6-16(22-24)23-10-3-8-21-23/h2-8,10,12H,9,11H2,1H3,(H,20,26). The first-order valence-corrected chi connectivity index (χ1v) is 8.58. The molecule has 1 N–H and O–H groups in total. The van der Waals surface area contributed by atoms with E-state index in [-0.39, 0.29) is 30.3 Å². The molecular weight excluding hydrogens is 362 g/mol. The molecule has 1 amide bonds. The van der Waals surface area contributed by atoms with Crippen molar-refractivity contribution in [2.75, 3.05) is 13.7 Å². The molecule has 142 valence electrons. The fraction of sp³-hybridized carbons (Fsp3) is 0.158. The number of nitrogens with zero attached hydrogens (tertiary/aromatic N) is 4. The van der Waals surface area contributed by atoms with Gasteiger partial charge in [-0.05, 0) is 24.3 Å². The number of hydrogen-bond donors (Lipinski definition) is 1. The highest BCUT2D eigenvalue weighted by molar-refractivity contribution is 5.97. The fourth-order valence-electron chi connectivity index (χ4n) is 2.80. The van der Waals surface area contributed by atoms with Gasteiger partial charge in [0.15, 0.2) is 22.9 Å². The molecule has 3 heterocycles. The molecule has 0 saturated heterocycles. The van der Waals surface area contributed by atoms with Crippen molar-refractivity contribution < 1.29 is 13.9 Å². The lowest BCUT2D eigenvalue weighted by Crippen LogP contribution is -2.32. The molecular formula is C19H17N5O4. The Kier molecular flexibility index (Phi) is 4.63. The van der Waals surface area contributed by atoms with Gasteiger partial charge in [0.2, 0.25) is 0 Å². The van der Waals surface area contributed by atoms with Gasteiger partial charge in [-0.3, -0.25) is 9.59 Å². The molecule has 0 fully saturated rings. The number of ether oxygens (including phenoxy) is 1. The van der Waals surface area contributed by atoms with Gasteiger partial charge >= 0.3 is 0 Å². The van der Waals surface area contributed by atoms with E-state index in [1.54, 1.807) is 48.5 Å². The van der Waals surface area contributed by atoms with E-state index in [1.807, 2.05) is 12.1 Å². The fourth-order valence-corrected chi connectivity index (χ4v) is 2.80. The van der Waals surface area contributed by atoms with Crippen molar-refractivity contribution in [3.8, 4) is 11.6 Å². The van der Waals surface area contributed by atoms with E-state index in [2.05, 4.69) is 15.5 Å². The maximum absolute atomic E-state index is 12.4. The first kappa shape index (κ1) is 17.5. The van der Waals surface area contributed by atoms with Crippen LogP contribution in [-0.4, -0.2) is 39.1 Å². The van der Waals surface area contributed by atoms with Gasteiger partial charge in [-0.15, -0.1) is 5.10 Å². The Morgan fingerprint density at radius 3 is 2.93 bits per heavy atom. The summed E-state index contributed by atoms with van der Waals surface area (Å²) in [5.74, 6) is 0.864. The monoisotopic (exact) mass is 379 g/mol. The lowest BCUT2D eigenvalue weighted by molar-refractivity contribution is 0.0926. The number of aromatic nitrogens is 4. The average Bonchev–Trinajstić information content (AvgIpc) is 3.38. The Balaban J connectivity index is 1.45. The van der Waals surface area contributed by atoms with Crippen molar-refractivity contribution in [2.24, 2.45) is 0 Å². The summed E-state index contributed by atoms with van der Waals surface area (Å²) in [7, 11) is 1.54. The van der Waals surface area contributed by atoms with E-state index in [4.69, 9.17) is 9.15 Å². The quantitative estimate of drug-likeness (QED) is 0.546. The molecule has 0 saturated carbocycles. The summed E-state index contributed by atoms with van der Waals surface area (Å²) in [5, 5.41) is 11.8. The second-order valence-corrected chi connectivity index (χ2v) is 5.95. The van der Waals surface area contributed by atoms with Gasteiger partial charge in [0, 0.05) is 30.4 Å². The molecule has 0 aliphatic heterocycles. The molecule has 0 unspecified atom stereocenters. The largest absolute Gasteiger partial charge is 0.493 e. The molecule has 0 atom stereocenters. The predicted octanol–water partition coefficient (Wildman–Crippen LogP) is 1.61. The highest BCUT2D eigenvalue weighted by atomic mass is 16.5. The normalized spacial score (nSPS) is 10.9. The number of carbonyl (C=O) groups is 1. The van der Waals surface area contributed by atoms with E-state index in [0.717, 1.165) is 5.39 Å². The van der Waals surface area contributed by atoms with Crippen LogP contribution in [0.1, 0.15) is 10.6 Å². The van der Waals surface area contributed by atoms with Gasteiger partial charge in [0.05, 0.1) is 13.7 Å². The molecule has 9 nitrogen and oxygen atoms in total. The zero-order valence-electron chi connectivity index (χ0n) is 15.0. The summed E-state index contributed by atoms with van der Waals surface area (Å²) in [5.41, 5.74) is 0.249. The molecule has 0 aliphatic rings. The number of furan rings is 1. The highest BCUT2D eigenvalue weighted by Gasteiger charge is 2.14. The summed E-state index contributed by atoms with van der Waals surface area (Å²) in [4.78, 5) is 24.4. The van der Waals surface area contributed by atoms with Gasteiger partial charge in [-0.2, -0.15) is 5.10 Å². The number of hydrogen-bond acceptors (Lipinski definition) is 6. The molecule has 4 rings (SSSR count). The van der Waals surface area contributed by atoms with Crippen LogP contribution in [-0.2, 0) is 6.54 Å². The van der Waals surface area contributed by atoms with Crippen molar-refractivity contribution in [2.45, 2.75) is 6.54 Å². The van der Waals surface area contributed by atoms with Gasteiger partial charge in [-0.25, -0.2) is 9.36 Å². The van der Waals surface area contributed by atoms with Crippen LogP contribution < -0.4 is 15.6 Å². The first-order chi connectivity index (χ1) is 13.7. The zero-order valence-corrected chi connectivity index (χ0v) is 15.0. The molecule has 0 bridgehead atoms. The third-order valence-electron chi connectivity index (χ3n) is 4.15. The van der Waals surface area contributed by atoms with Crippen LogP contribution in [0.3, 0.4) is 0 Å². The van der Waals surface area contributed by atoms with Crippen LogP contribution in [0.25, 0.3) is 16.8 Å². The van der Waals surface area contributed by atoms with Crippen molar-refractivity contribution in [1.29, 1.82) is 0 Å². The van der Waals surface area contributed by atoms with Crippen molar-refractivity contribution in [3.05, 3.63) is 71.0 Å². The zero-order chi connectivity index (χ0) is 19.5. The SMILES string of the molecule is COc1cccc2cc(C(=O)NCCn3nc(-n4cccn4)ccc3=O)oc12. The average molecular weight is 379 g/mol. The molecule has 0 spiro atoms. The molecule has 0 radical (unpaired) electrons. The topological polar surface area (TPSA) is 104 Å². The minimum Gasteiger partial charge on any atom is -0.493 e. The Bertz CT molecular complexity index is 1180. The van der Waals surface area contributed by atoms with E-state index >= 15 is 0 Å². The summed E-state index contributed by atoms with van der Waals surface area (Å²) < 4.78 is 13.7. The number of carbonyl (C=O) groups excluding carboxylic acids is 1. The Labute approximate surface area is 159 Å². The van der Waals surface area contributed by atoms with Gasteiger partial charge < -0.3 is 14.5 Å². The van der Waals surface area contributed by atoms with Crippen LogP contribution in [0.15, 0.2) is 64.1 Å². The lowest BCUT2D eigenvalue weighted by Gasteiger charge is -2.07. The Hall–Kier alpha value is -3.88. The predicted molar refractivity (Wildman–Crippen MR) is 101 cm³/mol. The summed E-state index contributed by atoms with van der Waals surface area (Å²) >= 11 is 0. The highest BCUT2D eigenvalue weighted by Crippen LogP contribution is 2.28. The summed E-state index contributed by atoms with van der Waals surface area (Å²) in [6.07, 6.45) is 3.36. The van der Waals surface area contributed by atoms with Crippen molar-refractivity contribution >= 4 is 16.9 Å². The molecule has 0 aliphatic carbocycles. The molecule has 28 heavy (non-hydrogen) atoms. The maximum Gasteiger partial charge on any atom is 0.287 e. The van der Waals surface area contributed by atoms with E-state index in [1.165, 1.54) is 10.7 Å². The Morgan fingerprint density at radius 1 is 1.25 bits per heavy atom. The van der Waals surface area contributed by atoms with Crippen molar-refractivity contribution in [1.82, 2.24) is 24.9 Å². The van der Waals surface area contributed by atoms with Crippen LogP contribution in [0.2, 0.25) is 0 Å². The van der Waals surface area contributed by atoms with Gasteiger partial charge in [0.25, 0.3) is 11.5 Å². The number of amides is 1. The molecule has 3 aromatic heterocycles. The second-order valence-electron chi connectivity index (χ2n) is 5.95. The lowest BCUT2D eigenvalue weighted by atomic mass is 10.2. The molecule has 4 aromatic rings. The van der Waals surface area contributed by atoms with Crippen molar-refractivity contribution in [3.63, 3.8) is 0 Å². The molecule has 9 heteroatoms. The third-order valence-corrected chi connectivity index (χ3v) is 4.15. The number of benzene rings is 1. The van der Waals surface area contributed by atoms with E-state index < -0.39 is 0 Å². The van der Waals surface area contributed by atoms with Crippen LogP contribution in [0.4, 0.5) is 0 Å². The smallest absolute Gasteiger partial charge is 0.287 e. The number of nitrogens with one attached hydrogen (secondary N) is 1. The van der Waals surface area contributed by atoms with Crippen LogP contribution >= 0.6 is 0 Å². The minimum absolute atomic E-state index is 0.171. The first-order valence-electron chi connectivity index (χ1n) is 8.58. The van der Waals surface area contributed by atoms with Gasteiger partial charge in [-0.1, -0.05) is 12.1 Å².